The van der Waals surface area contributed by atoms with Crippen LogP contribution in [0.4, 0.5) is 0 Å². The second-order valence-corrected chi connectivity index (χ2v) is 4.24. The molecule has 0 atom stereocenters. The van der Waals surface area contributed by atoms with E-state index in [1.807, 2.05) is 19.1 Å². The number of alkyl halides is 1. The van der Waals surface area contributed by atoms with Gasteiger partial charge in [-0.25, -0.2) is 0 Å². The van der Waals surface area contributed by atoms with Crippen molar-refractivity contribution in [3.05, 3.63) is 29.8 Å². The molecule has 0 bridgehead atoms. The highest BCUT2D eigenvalue weighted by Crippen LogP contribution is 2.13. The molecule has 0 aromatic heterocycles. The molecule has 0 spiro atoms. The molecule has 0 saturated heterocycles. The van der Waals surface area contributed by atoms with E-state index in [9.17, 15) is 0 Å². The Morgan fingerprint density at radius 2 is 1.94 bits per heavy atom. The zero-order valence-corrected chi connectivity index (χ0v) is 10.8. The molecular weight excluding hydrogens is 222 g/mol. The molecule has 0 saturated carbocycles. The van der Waals surface area contributed by atoms with E-state index >= 15 is 0 Å². The second kappa shape index (κ2) is 7.53. The van der Waals surface area contributed by atoms with E-state index in [1.54, 1.807) is 0 Å². The minimum absolute atomic E-state index is 0.717. The van der Waals surface area contributed by atoms with Crippen molar-refractivity contribution in [2.45, 2.75) is 19.9 Å². The van der Waals surface area contributed by atoms with Crippen LogP contribution in [0.5, 0.6) is 5.75 Å². The molecule has 0 radical (unpaired) electrons. The smallest absolute Gasteiger partial charge is 0.119 e. The molecule has 0 unspecified atom stereocenters. The predicted molar refractivity (Wildman–Crippen MR) is 69.3 cm³/mol. The van der Waals surface area contributed by atoms with Crippen molar-refractivity contribution in [1.29, 1.82) is 0 Å². The zero-order chi connectivity index (χ0) is 11.8. The monoisotopic (exact) mass is 241 g/mol. The summed E-state index contributed by atoms with van der Waals surface area (Å²) in [6, 6.07) is 8.27. The molecule has 0 fully saturated rings. The van der Waals surface area contributed by atoms with Gasteiger partial charge in [0.25, 0.3) is 0 Å². The Morgan fingerprint density at radius 3 is 2.50 bits per heavy atom. The molecule has 1 aromatic carbocycles. The van der Waals surface area contributed by atoms with Gasteiger partial charge < -0.3 is 9.64 Å². The molecule has 1 aromatic rings. The van der Waals surface area contributed by atoms with Crippen molar-refractivity contribution in [2.24, 2.45) is 0 Å². The fourth-order valence-electron chi connectivity index (χ4n) is 1.58. The van der Waals surface area contributed by atoms with E-state index in [0.29, 0.717) is 0 Å². The lowest BCUT2D eigenvalue weighted by Gasteiger charge is -2.16. The standard InChI is InChI=1S/C13H20ClNO/c1-3-16-13-7-5-12(6-8-13)11-15(2)10-4-9-14/h5-8H,3-4,9-11H2,1-2H3. The molecule has 3 heteroatoms. The maximum atomic E-state index is 5.66. The first kappa shape index (κ1) is 13.3. The summed E-state index contributed by atoms with van der Waals surface area (Å²) in [5.74, 6) is 1.67. The van der Waals surface area contributed by atoms with Crippen LogP contribution in [-0.2, 0) is 6.54 Å². The molecule has 0 heterocycles. The molecule has 16 heavy (non-hydrogen) atoms. The summed E-state index contributed by atoms with van der Waals surface area (Å²) in [7, 11) is 2.11. The number of nitrogens with zero attached hydrogens (tertiary/aromatic N) is 1. The Kier molecular flexibility index (Phi) is 6.27. The molecule has 0 amide bonds. The van der Waals surface area contributed by atoms with Crippen molar-refractivity contribution in [2.75, 3.05) is 26.1 Å². The summed E-state index contributed by atoms with van der Waals surface area (Å²) in [5.41, 5.74) is 1.31. The highest BCUT2D eigenvalue weighted by atomic mass is 35.5. The molecule has 0 aliphatic rings. The lowest BCUT2D eigenvalue weighted by atomic mass is 10.2. The quantitative estimate of drug-likeness (QED) is 0.680. The van der Waals surface area contributed by atoms with Gasteiger partial charge in [-0.2, -0.15) is 0 Å². The average molecular weight is 242 g/mol. The van der Waals surface area contributed by atoms with Gasteiger partial charge in [0, 0.05) is 12.4 Å². The average Bonchev–Trinajstić information content (AvgIpc) is 2.29. The summed E-state index contributed by atoms with van der Waals surface area (Å²) >= 11 is 5.66. The Morgan fingerprint density at radius 1 is 1.25 bits per heavy atom. The van der Waals surface area contributed by atoms with Gasteiger partial charge in [0.1, 0.15) is 5.75 Å². The first-order valence-corrected chi connectivity index (χ1v) is 6.26. The van der Waals surface area contributed by atoms with Crippen LogP contribution in [0.1, 0.15) is 18.9 Å². The van der Waals surface area contributed by atoms with Gasteiger partial charge in [-0.3, -0.25) is 0 Å². The third kappa shape index (κ3) is 4.86. The van der Waals surface area contributed by atoms with Crippen molar-refractivity contribution in [1.82, 2.24) is 4.90 Å². The van der Waals surface area contributed by atoms with Crippen molar-refractivity contribution in [3.63, 3.8) is 0 Å². The van der Waals surface area contributed by atoms with Gasteiger partial charge in [-0.1, -0.05) is 12.1 Å². The number of halogens is 1. The molecule has 90 valence electrons. The SMILES string of the molecule is CCOc1ccc(CN(C)CCCCl)cc1. The highest BCUT2D eigenvalue weighted by molar-refractivity contribution is 6.17. The van der Waals surface area contributed by atoms with Crippen LogP contribution in [0, 0.1) is 0 Å². The minimum atomic E-state index is 0.717. The van der Waals surface area contributed by atoms with Gasteiger partial charge in [-0.15, -0.1) is 11.6 Å². The van der Waals surface area contributed by atoms with Crippen LogP contribution in [0.15, 0.2) is 24.3 Å². The molecule has 0 aliphatic heterocycles. The van der Waals surface area contributed by atoms with Crippen molar-refractivity contribution < 1.29 is 4.74 Å². The lowest BCUT2D eigenvalue weighted by molar-refractivity contribution is 0.326. The molecule has 0 N–H and O–H groups in total. The Bertz CT molecular complexity index is 286. The van der Waals surface area contributed by atoms with Gasteiger partial charge in [0.15, 0.2) is 0 Å². The van der Waals surface area contributed by atoms with E-state index in [-0.39, 0.29) is 0 Å². The van der Waals surface area contributed by atoms with E-state index in [1.165, 1.54) is 5.56 Å². The third-order valence-electron chi connectivity index (χ3n) is 2.36. The van der Waals surface area contributed by atoms with Crippen LogP contribution in [0.2, 0.25) is 0 Å². The summed E-state index contributed by atoms with van der Waals surface area (Å²) < 4.78 is 5.40. The number of hydrogen-bond acceptors (Lipinski definition) is 2. The maximum absolute atomic E-state index is 5.66. The summed E-state index contributed by atoms with van der Waals surface area (Å²) in [5, 5.41) is 0. The summed E-state index contributed by atoms with van der Waals surface area (Å²) in [4.78, 5) is 2.28. The van der Waals surface area contributed by atoms with Crippen LogP contribution in [0.3, 0.4) is 0 Å². The summed E-state index contributed by atoms with van der Waals surface area (Å²) in [6.07, 6.45) is 1.04. The Labute approximate surface area is 103 Å². The van der Waals surface area contributed by atoms with E-state index in [4.69, 9.17) is 16.3 Å². The fourth-order valence-corrected chi connectivity index (χ4v) is 1.70. The van der Waals surface area contributed by atoms with E-state index in [2.05, 4.69) is 24.1 Å². The van der Waals surface area contributed by atoms with E-state index in [0.717, 1.165) is 37.7 Å². The number of hydrogen-bond donors (Lipinski definition) is 0. The first-order valence-electron chi connectivity index (χ1n) is 5.72. The first-order chi connectivity index (χ1) is 7.76. The number of rotatable bonds is 7. The van der Waals surface area contributed by atoms with Crippen LogP contribution < -0.4 is 4.74 Å². The minimum Gasteiger partial charge on any atom is -0.494 e. The maximum Gasteiger partial charge on any atom is 0.119 e. The van der Waals surface area contributed by atoms with Crippen molar-refractivity contribution in [3.8, 4) is 5.75 Å². The molecule has 2 nitrogen and oxygen atoms in total. The third-order valence-corrected chi connectivity index (χ3v) is 2.63. The van der Waals surface area contributed by atoms with E-state index < -0.39 is 0 Å². The Balaban J connectivity index is 2.41. The molecular formula is C13H20ClNO. The largest absolute Gasteiger partial charge is 0.494 e. The highest BCUT2D eigenvalue weighted by Gasteiger charge is 2.00. The topological polar surface area (TPSA) is 12.5 Å². The molecule has 1 rings (SSSR count). The van der Waals surface area contributed by atoms with Gasteiger partial charge in [0.2, 0.25) is 0 Å². The number of benzene rings is 1. The van der Waals surface area contributed by atoms with Crippen molar-refractivity contribution >= 4 is 11.6 Å². The zero-order valence-electron chi connectivity index (χ0n) is 10.1. The van der Waals surface area contributed by atoms with Gasteiger partial charge in [0.05, 0.1) is 6.61 Å². The Hall–Kier alpha value is -0.730. The summed E-state index contributed by atoms with van der Waals surface area (Å²) in [6.45, 7) is 4.71. The second-order valence-electron chi connectivity index (χ2n) is 3.86. The lowest BCUT2D eigenvalue weighted by Crippen LogP contribution is -2.19. The molecule has 0 aliphatic carbocycles. The van der Waals surface area contributed by atoms with Crippen LogP contribution >= 0.6 is 11.6 Å². The van der Waals surface area contributed by atoms with Crippen LogP contribution in [-0.4, -0.2) is 31.0 Å². The fraction of sp³-hybridized carbons (Fsp3) is 0.538. The van der Waals surface area contributed by atoms with Gasteiger partial charge >= 0.3 is 0 Å². The van der Waals surface area contributed by atoms with Crippen LogP contribution in [0.25, 0.3) is 0 Å². The van der Waals surface area contributed by atoms with Gasteiger partial charge in [-0.05, 0) is 44.6 Å². The predicted octanol–water partition coefficient (Wildman–Crippen LogP) is 3.15. The normalized spacial score (nSPS) is 10.8. The number of ether oxygens (including phenoxy) is 1.